The summed E-state index contributed by atoms with van der Waals surface area (Å²) in [5.74, 6) is 1.74. The maximum absolute atomic E-state index is 12.0. The van der Waals surface area contributed by atoms with Crippen molar-refractivity contribution >= 4 is 29.4 Å². The Balaban J connectivity index is 1.32. The summed E-state index contributed by atoms with van der Waals surface area (Å²) in [6, 6.07) is 13.1. The first kappa shape index (κ1) is 21.7. The zero-order valence-corrected chi connectivity index (χ0v) is 17.4. The van der Waals surface area contributed by atoms with Gasteiger partial charge in [0.25, 0.3) is 0 Å². The number of benzene rings is 1. The van der Waals surface area contributed by atoms with Crippen molar-refractivity contribution in [2.24, 2.45) is 0 Å². The van der Waals surface area contributed by atoms with Crippen LogP contribution in [0.25, 0.3) is 0 Å². The Morgan fingerprint density at radius 3 is 2.67 bits per heavy atom. The average Bonchev–Trinajstić information content (AvgIpc) is 3.38. The van der Waals surface area contributed by atoms with E-state index in [0.717, 1.165) is 16.9 Å². The second-order valence-corrected chi connectivity index (χ2v) is 7.52. The van der Waals surface area contributed by atoms with Gasteiger partial charge < -0.3 is 24.3 Å². The molecule has 3 aromatic rings. The molecule has 9 heteroatoms. The van der Waals surface area contributed by atoms with E-state index >= 15 is 0 Å². The lowest BCUT2D eigenvalue weighted by Gasteiger charge is -2.08. The van der Waals surface area contributed by atoms with Gasteiger partial charge in [0.05, 0.1) is 24.4 Å². The number of hydrogen-bond donors (Lipinski definition) is 2. The molecule has 0 spiro atoms. The summed E-state index contributed by atoms with van der Waals surface area (Å²) in [6.07, 6.45) is 1.62. The SMILES string of the molecule is Cc1cc(NC(=O)CSCC(=O)NCc2cccc(COCc3ccco3)c2)no1. The monoisotopic (exact) mass is 429 g/mol. The number of furan rings is 1. The van der Waals surface area contributed by atoms with Crippen molar-refractivity contribution in [1.82, 2.24) is 10.5 Å². The molecule has 0 aliphatic carbocycles. The van der Waals surface area contributed by atoms with Crippen molar-refractivity contribution in [3.8, 4) is 0 Å². The molecule has 0 radical (unpaired) electrons. The third-order valence-corrected chi connectivity index (χ3v) is 4.87. The summed E-state index contributed by atoms with van der Waals surface area (Å²) < 4.78 is 15.7. The first-order valence-electron chi connectivity index (χ1n) is 9.34. The number of aromatic nitrogens is 1. The second kappa shape index (κ2) is 11.2. The molecule has 158 valence electrons. The average molecular weight is 429 g/mol. The third-order valence-electron chi connectivity index (χ3n) is 3.94. The number of amides is 2. The number of ether oxygens (including phenoxy) is 1. The molecule has 3 rings (SSSR count). The Bertz CT molecular complexity index is 955. The molecule has 0 saturated heterocycles. The summed E-state index contributed by atoms with van der Waals surface area (Å²) >= 11 is 1.23. The number of anilines is 1. The van der Waals surface area contributed by atoms with E-state index in [4.69, 9.17) is 13.7 Å². The van der Waals surface area contributed by atoms with Crippen LogP contribution in [-0.2, 0) is 34.1 Å². The van der Waals surface area contributed by atoms with Gasteiger partial charge in [-0.25, -0.2) is 0 Å². The highest BCUT2D eigenvalue weighted by Gasteiger charge is 2.08. The highest BCUT2D eigenvalue weighted by Crippen LogP contribution is 2.10. The van der Waals surface area contributed by atoms with Crippen LogP contribution in [0.4, 0.5) is 5.82 Å². The first-order chi connectivity index (χ1) is 14.6. The molecular formula is C21H23N3O5S. The van der Waals surface area contributed by atoms with Crippen LogP contribution in [0.1, 0.15) is 22.6 Å². The van der Waals surface area contributed by atoms with Gasteiger partial charge in [0, 0.05) is 12.6 Å². The van der Waals surface area contributed by atoms with Crippen molar-refractivity contribution in [3.63, 3.8) is 0 Å². The van der Waals surface area contributed by atoms with Crippen LogP contribution < -0.4 is 10.6 Å². The first-order valence-corrected chi connectivity index (χ1v) is 10.5. The predicted octanol–water partition coefficient (Wildman–Crippen LogP) is 3.28. The van der Waals surface area contributed by atoms with Crippen LogP contribution in [0.15, 0.2) is 57.7 Å². The van der Waals surface area contributed by atoms with E-state index in [0.29, 0.717) is 31.3 Å². The molecule has 0 saturated carbocycles. The lowest BCUT2D eigenvalue weighted by atomic mass is 10.1. The lowest BCUT2D eigenvalue weighted by molar-refractivity contribution is -0.118. The van der Waals surface area contributed by atoms with Gasteiger partial charge in [-0.1, -0.05) is 29.4 Å². The molecule has 0 atom stereocenters. The number of thioether (sulfide) groups is 1. The molecule has 2 amide bonds. The topological polar surface area (TPSA) is 107 Å². The smallest absolute Gasteiger partial charge is 0.235 e. The maximum Gasteiger partial charge on any atom is 0.235 e. The predicted molar refractivity (Wildman–Crippen MR) is 113 cm³/mol. The number of hydrogen-bond acceptors (Lipinski definition) is 7. The van der Waals surface area contributed by atoms with E-state index < -0.39 is 0 Å². The number of aryl methyl sites for hydroxylation is 1. The second-order valence-electron chi connectivity index (χ2n) is 6.53. The highest BCUT2D eigenvalue weighted by molar-refractivity contribution is 8.00. The van der Waals surface area contributed by atoms with E-state index in [-0.39, 0.29) is 23.3 Å². The van der Waals surface area contributed by atoms with Crippen LogP contribution >= 0.6 is 11.8 Å². The summed E-state index contributed by atoms with van der Waals surface area (Å²) in [6.45, 7) is 3.02. The van der Waals surface area contributed by atoms with Crippen LogP contribution in [0.2, 0.25) is 0 Å². The Labute approximate surface area is 178 Å². The number of nitrogens with zero attached hydrogens (tertiary/aromatic N) is 1. The molecule has 2 heterocycles. The molecule has 30 heavy (non-hydrogen) atoms. The minimum atomic E-state index is -0.233. The van der Waals surface area contributed by atoms with Gasteiger partial charge >= 0.3 is 0 Å². The number of carbonyl (C=O) groups excluding carboxylic acids is 2. The molecular weight excluding hydrogens is 406 g/mol. The quantitative estimate of drug-likeness (QED) is 0.482. The van der Waals surface area contributed by atoms with Gasteiger partial charge in [-0.3, -0.25) is 9.59 Å². The summed E-state index contributed by atoms with van der Waals surface area (Å²) in [4.78, 5) is 23.8. The van der Waals surface area contributed by atoms with Gasteiger partial charge in [0.15, 0.2) is 5.82 Å². The molecule has 0 unspecified atom stereocenters. The fourth-order valence-corrected chi connectivity index (χ4v) is 3.23. The van der Waals surface area contributed by atoms with Gasteiger partial charge in [-0.05, 0) is 30.2 Å². The molecule has 1 aromatic carbocycles. The van der Waals surface area contributed by atoms with E-state index in [1.807, 2.05) is 36.4 Å². The fourth-order valence-electron chi connectivity index (χ4n) is 2.59. The van der Waals surface area contributed by atoms with Crippen molar-refractivity contribution in [2.45, 2.75) is 26.7 Å². The lowest BCUT2D eigenvalue weighted by Crippen LogP contribution is -2.25. The Kier molecular flexibility index (Phi) is 8.10. The minimum absolute atomic E-state index is 0.135. The van der Waals surface area contributed by atoms with Crippen LogP contribution in [0, 0.1) is 6.92 Å². The van der Waals surface area contributed by atoms with Crippen molar-refractivity contribution < 1.29 is 23.3 Å². The Morgan fingerprint density at radius 1 is 1.07 bits per heavy atom. The highest BCUT2D eigenvalue weighted by atomic mass is 32.2. The van der Waals surface area contributed by atoms with E-state index in [9.17, 15) is 9.59 Å². The van der Waals surface area contributed by atoms with Crippen molar-refractivity contribution in [3.05, 3.63) is 71.4 Å². The summed E-state index contributed by atoms with van der Waals surface area (Å²) in [5, 5.41) is 9.16. The molecule has 0 aliphatic rings. The number of carbonyl (C=O) groups is 2. The van der Waals surface area contributed by atoms with Gasteiger partial charge in [-0.2, -0.15) is 0 Å². The molecule has 2 N–H and O–H groups in total. The zero-order valence-electron chi connectivity index (χ0n) is 16.6. The molecule has 8 nitrogen and oxygen atoms in total. The van der Waals surface area contributed by atoms with Gasteiger partial charge in [0.2, 0.25) is 11.8 Å². The fraction of sp³-hybridized carbons (Fsp3) is 0.286. The minimum Gasteiger partial charge on any atom is -0.467 e. The normalized spacial score (nSPS) is 10.7. The van der Waals surface area contributed by atoms with Crippen LogP contribution in [-0.4, -0.2) is 28.5 Å². The van der Waals surface area contributed by atoms with E-state index in [1.165, 1.54) is 11.8 Å². The standard InChI is InChI=1S/C21H23N3O5S/c1-15-8-19(24-29-15)23-21(26)14-30-13-20(25)22-10-16-4-2-5-17(9-16)11-27-12-18-6-3-7-28-18/h2-9H,10-14H2,1H3,(H,22,25)(H,23,24,26). The van der Waals surface area contributed by atoms with Gasteiger partial charge in [-0.15, -0.1) is 11.8 Å². The van der Waals surface area contributed by atoms with E-state index in [1.54, 1.807) is 19.3 Å². The number of nitrogens with one attached hydrogen (secondary N) is 2. The maximum atomic E-state index is 12.0. The summed E-state index contributed by atoms with van der Waals surface area (Å²) in [7, 11) is 0. The molecule has 2 aromatic heterocycles. The van der Waals surface area contributed by atoms with Crippen molar-refractivity contribution in [2.75, 3.05) is 16.8 Å². The van der Waals surface area contributed by atoms with E-state index in [2.05, 4.69) is 15.8 Å². The third kappa shape index (κ3) is 7.41. The van der Waals surface area contributed by atoms with Crippen LogP contribution in [0.3, 0.4) is 0 Å². The van der Waals surface area contributed by atoms with Gasteiger partial charge in [0.1, 0.15) is 18.1 Å². The zero-order chi connectivity index (χ0) is 21.2. The van der Waals surface area contributed by atoms with Crippen molar-refractivity contribution in [1.29, 1.82) is 0 Å². The Hall–Kier alpha value is -3.04. The number of rotatable bonds is 11. The molecule has 0 bridgehead atoms. The largest absolute Gasteiger partial charge is 0.467 e. The summed E-state index contributed by atoms with van der Waals surface area (Å²) in [5.41, 5.74) is 1.99. The molecule has 0 fully saturated rings. The Morgan fingerprint density at radius 2 is 1.90 bits per heavy atom. The van der Waals surface area contributed by atoms with Crippen LogP contribution in [0.5, 0.6) is 0 Å². The molecule has 0 aliphatic heterocycles.